The van der Waals surface area contributed by atoms with E-state index in [1.54, 1.807) is 12.1 Å². The molecule has 19 heavy (non-hydrogen) atoms. The number of nitrogen functional groups attached to an aromatic ring is 1. The van der Waals surface area contributed by atoms with Gasteiger partial charge in [-0.2, -0.15) is 0 Å². The van der Waals surface area contributed by atoms with E-state index in [1.165, 1.54) is 7.11 Å². The van der Waals surface area contributed by atoms with Crippen LogP contribution in [-0.4, -0.2) is 31.8 Å². The first-order chi connectivity index (χ1) is 9.10. The SMILES string of the molecule is COC(=O)c1ccc(NC2CCOC(C)C2)c(N)c1. The summed E-state index contributed by atoms with van der Waals surface area (Å²) in [5, 5.41) is 3.41. The van der Waals surface area contributed by atoms with Crippen LogP contribution < -0.4 is 11.1 Å². The molecule has 2 unspecified atom stereocenters. The van der Waals surface area contributed by atoms with E-state index < -0.39 is 0 Å². The Morgan fingerprint density at radius 3 is 2.95 bits per heavy atom. The molecule has 1 fully saturated rings. The maximum Gasteiger partial charge on any atom is 0.337 e. The summed E-state index contributed by atoms with van der Waals surface area (Å²) in [6.45, 7) is 2.83. The van der Waals surface area contributed by atoms with Gasteiger partial charge in [-0.15, -0.1) is 0 Å². The van der Waals surface area contributed by atoms with Gasteiger partial charge in [-0.25, -0.2) is 4.79 Å². The van der Waals surface area contributed by atoms with Crippen molar-refractivity contribution in [1.82, 2.24) is 0 Å². The Kier molecular flexibility index (Phi) is 4.27. The van der Waals surface area contributed by atoms with Crippen molar-refractivity contribution in [2.24, 2.45) is 0 Å². The molecule has 1 heterocycles. The van der Waals surface area contributed by atoms with E-state index in [4.69, 9.17) is 10.5 Å². The Balaban J connectivity index is 2.06. The van der Waals surface area contributed by atoms with Gasteiger partial charge in [0, 0.05) is 12.6 Å². The third-order valence-electron chi connectivity index (χ3n) is 3.32. The highest BCUT2D eigenvalue weighted by atomic mass is 16.5. The van der Waals surface area contributed by atoms with E-state index in [9.17, 15) is 4.79 Å². The molecule has 1 aromatic carbocycles. The van der Waals surface area contributed by atoms with Gasteiger partial charge in [0.1, 0.15) is 0 Å². The van der Waals surface area contributed by atoms with Crippen molar-refractivity contribution in [1.29, 1.82) is 0 Å². The van der Waals surface area contributed by atoms with Crippen molar-refractivity contribution >= 4 is 17.3 Å². The van der Waals surface area contributed by atoms with E-state index in [-0.39, 0.29) is 12.1 Å². The fourth-order valence-corrected chi connectivity index (χ4v) is 2.29. The molecule has 2 atom stereocenters. The van der Waals surface area contributed by atoms with Gasteiger partial charge in [0.05, 0.1) is 30.2 Å². The number of benzene rings is 1. The van der Waals surface area contributed by atoms with Crippen LogP contribution in [0, 0.1) is 0 Å². The highest BCUT2D eigenvalue weighted by molar-refractivity contribution is 5.91. The number of nitrogens with two attached hydrogens (primary N) is 1. The third-order valence-corrected chi connectivity index (χ3v) is 3.32. The van der Waals surface area contributed by atoms with Gasteiger partial charge in [0.15, 0.2) is 0 Å². The lowest BCUT2D eigenvalue weighted by atomic mass is 10.0. The van der Waals surface area contributed by atoms with Crippen molar-refractivity contribution in [3.05, 3.63) is 23.8 Å². The van der Waals surface area contributed by atoms with Crippen LogP contribution in [0.15, 0.2) is 18.2 Å². The number of ether oxygens (including phenoxy) is 2. The first kappa shape index (κ1) is 13.7. The van der Waals surface area contributed by atoms with E-state index in [1.807, 2.05) is 6.07 Å². The minimum Gasteiger partial charge on any atom is -0.465 e. The number of rotatable bonds is 3. The van der Waals surface area contributed by atoms with Gasteiger partial charge in [0.2, 0.25) is 0 Å². The topological polar surface area (TPSA) is 73.6 Å². The first-order valence-corrected chi connectivity index (χ1v) is 6.46. The molecule has 0 aromatic heterocycles. The average molecular weight is 264 g/mol. The Labute approximate surface area is 113 Å². The second-order valence-corrected chi connectivity index (χ2v) is 4.84. The van der Waals surface area contributed by atoms with Crippen LogP contribution in [0.25, 0.3) is 0 Å². The molecule has 1 aromatic rings. The fourth-order valence-electron chi connectivity index (χ4n) is 2.29. The minimum absolute atomic E-state index is 0.266. The molecule has 5 nitrogen and oxygen atoms in total. The molecule has 5 heteroatoms. The molecule has 3 N–H and O–H groups in total. The number of hydrogen-bond acceptors (Lipinski definition) is 5. The monoisotopic (exact) mass is 264 g/mol. The van der Waals surface area contributed by atoms with E-state index in [2.05, 4.69) is 17.0 Å². The third kappa shape index (κ3) is 3.38. The van der Waals surface area contributed by atoms with Gasteiger partial charge in [-0.3, -0.25) is 0 Å². The lowest BCUT2D eigenvalue weighted by Gasteiger charge is -2.29. The summed E-state index contributed by atoms with van der Waals surface area (Å²) in [6, 6.07) is 5.53. The maximum absolute atomic E-state index is 11.4. The van der Waals surface area contributed by atoms with Gasteiger partial charge < -0.3 is 20.5 Å². The van der Waals surface area contributed by atoms with E-state index in [0.29, 0.717) is 17.3 Å². The van der Waals surface area contributed by atoms with Crippen LogP contribution in [0.3, 0.4) is 0 Å². The lowest BCUT2D eigenvalue weighted by molar-refractivity contribution is 0.0232. The predicted molar refractivity (Wildman–Crippen MR) is 74.3 cm³/mol. The van der Waals surface area contributed by atoms with Crippen LogP contribution in [0.2, 0.25) is 0 Å². The summed E-state index contributed by atoms with van der Waals surface area (Å²) in [7, 11) is 1.36. The standard InChI is InChI=1S/C14H20N2O3/c1-9-7-11(5-6-19-9)16-13-4-3-10(8-12(13)15)14(17)18-2/h3-4,8-9,11,16H,5-7,15H2,1-2H3. The van der Waals surface area contributed by atoms with Crippen LogP contribution in [0.4, 0.5) is 11.4 Å². The number of carbonyl (C=O) groups excluding carboxylic acids is 1. The highest BCUT2D eigenvalue weighted by Gasteiger charge is 2.20. The maximum atomic E-state index is 11.4. The summed E-state index contributed by atoms with van der Waals surface area (Å²) in [4.78, 5) is 11.4. The number of nitrogens with one attached hydrogen (secondary N) is 1. The number of hydrogen-bond donors (Lipinski definition) is 2. The molecule has 1 aliphatic rings. The quantitative estimate of drug-likeness (QED) is 0.645. The van der Waals surface area contributed by atoms with E-state index >= 15 is 0 Å². The summed E-state index contributed by atoms with van der Waals surface area (Å²) in [5.74, 6) is -0.377. The van der Waals surface area contributed by atoms with Crippen LogP contribution in [0.5, 0.6) is 0 Å². The largest absolute Gasteiger partial charge is 0.465 e. The van der Waals surface area contributed by atoms with Crippen molar-refractivity contribution in [3.8, 4) is 0 Å². The van der Waals surface area contributed by atoms with Gasteiger partial charge >= 0.3 is 5.97 Å². The number of carbonyl (C=O) groups is 1. The zero-order valence-electron chi connectivity index (χ0n) is 11.3. The van der Waals surface area contributed by atoms with Crippen molar-refractivity contribution in [2.45, 2.75) is 31.9 Å². The van der Waals surface area contributed by atoms with Gasteiger partial charge in [-0.1, -0.05) is 0 Å². The summed E-state index contributed by atoms with van der Waals surface area (Å²) in [6.07, 6.45) is 2.18. The summed E-state index contributed by atoms with van der Waals surface area (Å²) >= 11 is 0. The van der Waals surface area contributed by atoms with Gasteiger partial charge in [-0.05, 0) is 38.0 Å². The Morgan fingerprint density at radius 1 is 1.53 bits per heavy atom. The fraction of sp³-hybridized carbons (Fsp3) is 0.500. The molecular formula is C14H20N2O3. The zero-order chi connectivity index (χ0) is 13.8. The molecular weight excluding hydrogens is 244 g/mol. The number of methoxy groups -OCH3 is 1. The smallest absolute Gasteiger partial charge is 0.337 e. The molecule has 0 bridgehead atoms. The molecule has 0 amide bonds. The van der Waals surface area contributed by atoms with E-state index in [0.717, 1.165) is 25.1 Å². The molecule has 104 valence electrons. The van der Waals surface area contributed by atoms with Crippen LogP contribution >= 0.6 is 0 Å². The normalized spacial score (nSPS) is 22.8. The lowest BCUT2D eigenvalue weighted by Crippen LogP contribution is -2.32. The van der Waals surface area contributed by atoms with Gasteiger partial charge in [0.25, 0.3) is 0 Å². The molecule has 0 radical (unpaired) electrons. The van der Waals surface area contributed by atoms with Crippen molar-refractivity contribution in [3.63, 3.8) is 0 Å². The average Bonchev–Trinajstić information content (AvgIpc) is 2.40. The Bertz CT molecular complexity index is 462. The molecule has 1 aliphatic heterocycles. The molecule has 0 saturated carbocycles. The van der Waals surface area contributed by atoms with Crippen LogP contribution in [-0.2, 0) is 9.47 Å². The number of esters is 1. The second-order valence-electron chi connectivity index (χ2n) is 4.84. The van der Waals surface area contributed by atoms with Crippen molar-refractivity contribution in [2.75, 3.05) is 24.8 Å². The summed E-state index contributed by atoms with van der Waals surface area (Å²) in [5.41, 5.74) is 7.84. The van der Waals surface area contributed by atoms with Crippen molar-refractivity contribution < 1.29 is 14.3 Å². The molecule has 0 spiro atoms. The zero-order valence-corrected chi connectivity index (χ0v) is 11.3. The Morgan fingerprint density at radius 2 is 2.32 bits per heavy atom. The highest BCUT2D eigenvalue weighted by Crippen LogP contribution is 2.24. The minimum atomic E-state index is -0.377. The molecule has 0 aliphatic carbocycles. The number of anilines is 2. The summed E-state index contributed by atoms with van der Waals surface area (Å²) < 4.78 is 10.2. The molecule has 1 saturated heterocycles. The van der Waals surface area contributed by atoms with Crippen LogP contribution in [0.1, 0.15) is 30.1 Å². The first-order valence-electron chi connectivity index (χ1n) is 6.46. The molecule has 2 rings (SSSR count). The Hall–Kier alpha value is -1.75. The predicted octanol–water partition coefficient (Wildman–Crippen LogP) is 2.03. The second kappa shape index (κ2) is 5.93.